The Morgan fingerprint density at radius 2 is 2.10 bits per heavy atom. The smallest absolute Gasteiger partial charge is 0.321 e. The third kappa shape index (κ3) is 4.35. The fourth-order valence-electron chi connectivity index (χ4n) is 1.23. The zero-order valence-corrected chi connectivity index (χ0v) is 12.5. The van der Waals surface area contributed by atoms with Gasteiger partial charge in [-0.1, -0.05) is 0 Å². The number of nitrogens with two attached hydrogens (primary N) is 1. The lowest BCUT2D eigenvalue weighted by molar-refractivity contribution is 0.0977. The van der Waals surface area contributed by atoms with Gasteiger partial charge in [-0.2, -0.15) is 4.37 Å². The van der Waals surface area contributed by atoms with Gasteiger partial charge < -0.3 is 20.1 Å². The molecule has 8 nitrogen and oxygen atoms in total. The van der Waals surface area contributed by atoms with Crippen LogP contribution in [0.25, 0.3) is 0 Å². The number of rotatable bonds is 7. The molecule has 0 atom stereocenters. The van der Waals surface area contributed by atoms with Gasteiger partial charge in [0.25, 0.3) is 5.91 Å². The van der Waals surface area contributed by atoms with Crippen LogP contribution in [-0.4, -0.2) is 55.1 Å². The predicted octanol–water partition coefficient (Wildman–Crippen LogP) is 0.751. The van der Waals surface area contributed by atoms with Gasteiger partial charge in [-0.15, -0.1) is 0 Å². The van der Waals surface area contributed by atoms with Crippen molar-refractivity contribution in [3.63, 3.8) is 0 Å². The molecule has 1 aromatic heterocycles. The summed E-state index contributed by atoms with van der Waals surface area (Å²) in [4.78, 5) is 24.4. The number of carbonyl (C=O) groups excluding carboxylic acids is 2. The van der Waals surface area contributed by atoms with Crippen LogP contribution in [0.4, 0.5) is 9.80 Å². The van der Waals surface area contributed by atoms with Crippen LogP contribution in [0.5, 0.6) is 5.88 Å². The zero-order chi connectivity index (χ0) is 15.1. The lowest BCUT2D eigenvalue weighted by atomic mass is 10.3. The molecule has 0 aliphatic rings. The molecule has 0 spiro atoms. The predicted molar refractivity (Wildman–Crippen MR) is 75.3 cm³/mol. The Morgan fingerprint density at radius 1 is 1.40 bits per heavy atom. The third-order valence-corrected chi connectivity index (χ3v) is 2.95. The molecule has 3 amide bonds. The summed E-state index contributed by atoms with van der Waals surface area (Å²) in [6, 6.07) is -0.378. The first-order valence-corrected chi connectivity index (χ1v) is 6.73. The second-order valence-electron chi connectivity index (χ2n) is 3.93. The number of primary amides is 1. The van der Waals surface area contributed by atoms with Crippen molar-refractivity contribution >= 4 is 28.5 Å². The van der Waals surface area contributed by atoms with E-state index in [4.69, 9.17) is 15.2 Å². The Morgan fingerprint density at radius 3 is 2.65 bits per heavy atom. The van der Waals surface area contributed by atoms with Gasteiger partial charge in [-0.3, -0.25) is 10.1 Å². The van der Waals surface area contributed by atoms with Gasteiger partial charge in [0.05, 0.1) is 6.61 Å². The van der Waals surface area contributed by atoms with Crippen LogP contribution < -0.4 is 15.8 Å². The summed E-state index contributed by atoms with van der Waals surface area (Å²) in [5.41, 5.74) is 5.36. The van der Waals surface area contributed by atoms with Gasteiger partial charge in [-0.05, 0) is 18.5 Å². The van der Waals surface area contributed by atoms with Crippen molar-refractivity contribution in [2.24, 2.45) is 5.73 Å². The molecule has 0 fully saturated rings. The van der Waals surface area contributed by atoms with Crippen LogP contribution in [-0.2, 0) is 4.74 Å². The fourth-order valence-corrected chi connectivity index (χ4v) is 1.96. The highest BCUT2D eigenvalue weighted by atomic mass is 32.1. The number of hydrogen-bond donors (Lipinski definition) is 2. The number of nitrogens with zero attached hydrogens (tertiary/aromatic N) is 2. The zero-order valence-electron chi connectivity index (χ0n) is 11.6. The van der Waals surface area contributed by atoms with E-state index in [9.17, 15) is 9.59 Å². The van der Waals surface area contributed by atoms with Gasteiger partial charge in [0.15, 0.2) is 0 Å². The topological polar surface area (TPSA) is 107 Å². The van der Waals surface area contributed by atoms with Crippen molar-refractivity contribution < 1.29 is 19.1 Å². The van der Waals surface area contributed by atoms with Crippen LogP contribution in [0.15, 0.2) is 0 Å². The second kappa shape index (κ2) is 7.65. The van der Waals surface area contributed by atoms with Gasteiger partial charge >= 0.3 is 6.03 Å². The molecule has 1 aromatic rings. The normalized spacial score (nSPS) is 10.2. The maximum absolute atomic E-state index is 11.6. The molecule has 0 radical (unpaired) electrons. The van der Waals surface area contributed by atoms with Gasteiger partial charge in [0, 0.05) is 20.7 Å². The molecular formula is C11H18N4O4S. The van der Waals surface area contributed by atoms with Crippen molar-refractivity contribution in [3.8, 4) is 5.88 Å². The summed E-state index contributed by atoms with van der Waals surface area (Å²) in [5.74, 6) is -0.601. The molecule has 0 aliphatic carbocycles. The quantitative estimate of drug-likeness (QED) is 0.723. The molecule has 0 aliphatic heterocycles. The first-order chi connectivity index (χ1) is 9.47. The summed E-state index contributed by atoms with van der Waals surface area (Å²) in [6.07, 6.45) is 0. The van der Waals surface area contributed by atoms with E-state index in [1.54, 1.807) is 14.1 Å². The van der Waals surface area contributed by atoms with E-state index in [0.29, 0.717) is 13.2 Å². The van der Waals surface area contributed by atoms with Crippen molar-refractivity contribution in [1.82, 2.24) is 9.27 Å². The Hall–Kier alpha value is -1.87. The van der Waals surface area contributed by atoms with Crippen molar-refractivity contribution in [2.75, 3.05) is 39.2 Å². The number of urea groups is 1. The van der Waals surface area contributed by atoms with E-state index in [-0.39, 0.29) is 29.1 Å². The summed E-state index contributed by atoms with van der Waals surface area (Å²) >= 11 is 0.939. The minimum absolute atomic E-state index is 0.0710. The van der Waals surface area contributed by atoms with Crippen LogP contribution >= 0.6 is 11.5 Å². The molecular weight excluding hydrogens is 284 g/mol. The van der Waals surface area contributed by atoms with E-state index < -0.39 is 5.91 Å². The van der Waals surface area contributed by atoms with Gasteiger partial charge in [0.2, 0.25) is 5.88 Å². The van der Waals surface area contributed by atoms with Crippen molar-refractivity contribution in [3.05, 3.63) is 5.56 Å². The summed E-state index contributed by atoms with van der Waals surface area (Å²) < 4.78 is 14.4. The molecule has 20 heavy (non-hydrogen) atoms. The Balaban J connectivity index is 2.79. The molecule has 1 rings (SSSR count). The number of ether oxygens (including phenoxy) is 2. The van der Waals surface area contributed by atoms with E-state index >= 15 is 0 Å². The Kier molecular flexibility index (Phi) is 6.19. The van der Waals surface area contributed by atoms with E-state index in [0.717, 1.165) is 11.5 Å². The molecule has 0 aromatic carbocycles. The van der Waals surface area contributed by atoms with E-state index in [1.807, 2.05) is 6.92 Å². The standard InChI is InChI=1S/C11H18N4O4S/c1-4-18-5-6-19-9-7(8(12)16)10(20-14-9)13-11(17)15(2)3/h4-6H2,1-3H3,(H2,12,16)(H,13,17). The largest absolute Gasteiger partial charge is 0.474 e. The second-order valence-corrected chi connectivity index (χ2v) is 4.70. The lowest BCUT2D eigenvalue weighted by Crippen LogP contribution is -2.28. The summed E-state index contributed by atoms with van der Waals surface area (Å²) in [5, 5.41) is 2.81. The number of anilines is 1. The molecule has 3 N–H and O–H groups in total. The highest BCUT2D eigenvalue weighted by molar-refractivity contribution is 7.11. The lowest BCUT2D eigenvalue weighted by Gasteiger charge is -2.11. The number of amides is 3. The van der Waals surface area contributed by atoms with Crippen LogP contribution in [0.3, 0.4) is 0 Å². The number of hydrogen-bond acceptors (Lipinski definition) is 6. The molecule has 0 saturated carbocycles. The minimum atomic E-state index is -0.709. The fraction of sp³-hybridized carbons (Fsp3) is 0.545. The SMILES string of the molecule is CCOCCOc1nsc(NC(=O)N(C)C)c1C(N)=O. The molecule has 112 valence electrons. The molecule has 1 heterocycles. The van der Waals surface area contributed by atoms with E-state index in [2.05, 4.69) is 9.69 Å². The van der Waals surface area contributed by atoms with Crippen LogP contribution in [0.1, 0.15) is 17.3 Å². The molecule has 9 heteroatoms. The summed E-state index contributed by atoms with van der Waals surface area (Å²) in [6.45, 7) is 3.07. The average molecular weight is 302 g/mol. The van der Waals surface area contributed by atoms with Gasteiger partial charge in [-0.25, -0.2) is 4.79 Å². The number of nitrogens with one attached hydrogen (secondary N) is 1. The maximum atomic E-state index is 11.6. The highest BCUT2D eigenvalue weighted by Gasteiger charge is 2.22. The summed E-state index contributed by atoms with van der Waals surface area (Å²) in [7, 11) is 3.17. The number of aromatic nitrogens is 1. The average Bonchev–Trinajstić information content (AvgIpc) is 2.77. The number of carbonyl (C=O) groups is 2. The third-order valence-electron chi connectivity index (χ3n) is 2.20. The maximum Gasteiger partial charge on any atom is 0.321 e. The van der Waals surface area contributed by atoms with Gasteiger partial charge in [0.1, 0.15) is 17.2 Å². The Bertz CT molecular complexity index is 475. The molecule has 0 bridgehead atoms. The van der Waals surface area contributed by atoms with Crippen molar-refractivity contribution in [1.29, 1.82) is 0 Å². The minimum Gasteiger partial charge on any atom is -0.474 e. The highest BCUT2D eigenvalue weighted by Crippen LogP contribution is 2.30. The first-order valence-electron chi connectivity index (χ1n) is 5.95. The van der Waals surface area contributed by atoms with Crippen LogP contribution in [0.2, 0.25) is 0 Å². The molecule has 0 saturated heterocycles. The van der Waals surface area contributed by atoms with Crippen molar-refractivity contribution in [2.45, 2.75) is 6.92 Å². The van der Waals surface area contributed by atoms with E-state index in [1.165, 1.54) is 4.90 Å². The first kappa shape index (κ1) is 16.2. The Labute approximate surface area is 121 Å². The molecule has 0 unspecified atom stereocenters. The monoisotopic (exact) mass is 302 g/mol. The van der Waals surface area contributed by atoms with Crippen LogP contribution in [0, 0.1) is 0 Å².